The fraction of sp³-hybridized carbons (Fsp3) is 0.500. The topological polar surface area (TPSA) is 94.9 Å². The number of hydrogen-bond acceptors (Lipinski definition) is 4. The van der Waals surface area contributed by atoms with E-state index in [0.29, 0.717) is 18.5 Å². The van der Waals surface area contributed by atoms with Crippen molar-refractivity contribution in [3.63, 3.8) is 0 Å². The number of carboxylic acids is 1. The standard InChI is InChI=1S/C14H19NO5S/c1-10-4-5-12(7-13(10)14(17)18)21(19,20)15-6-2-3-11(8-15)9-16/h4-5,7,11,16H,2-3,6,8-9H2,1H3,(H,17,18). The molecule has 116 valence electrons. The Labute approximate surface area is 124 Å². The van der Waals surface area contributed by atoms with Crippen molar-refractivity contribution >= 4 is 16.0 Å². The second-order valence-electron chi connectivity index (χ2n) is 5.34. The molecule has 0 bridgehead atoms. The monoisotopic (exact) mass is 313 g/mol. The highest BCUT2D eigenvalue weighted by Gasteiger charge is 2.30. The molecule has 2 rings (SSSR count). The highest BCUT2D eigenvalue weighted by Crippen LogP contribution is 2.25. The number of aliphatic hydroxyl groups excluding tert-OH is 1. The van der Waals surface area contributed by atoms with Crippen LogP contribution in [-0.4, -0.2) is 48.6 Å². The maximum atomic E-state index is 12.6. The number of carbonyl (C=O) groups is 1. The first-order chi connectivity index (χ1) is 9.86. The molecule has 0 saturated carbocycles. The van der Waals surface area contributed by atoms with E-state index in [9.17, 15) is 18.3 Å². The number of rotatable bonds is 4. The van der Waals surface area contributed by atoms with Crippen molar-refractivity contribution in [3.8, 4) is 0 Å². The lowest BCUT2D eigenvalue weighted by Crippen LogP contribution is -2.40. The number of benzene rings is 1. The predicted molar refractivity (Wildman–Crippen MR) is 76.7 cm³/mol. The zero-order valence-electron chi connectivity index (χ0n) is 11.8. The van der Waals surface area contributed by atoms with Crippen molar-refractivity contribution in [1.29, 1.82) is 0 Å². The van der Waals surface area contributed by atoms with E-state index >= 15 is 0 Å². The summed E-state index contributed by atoms with van der Waals surface area (Å²) in [6, 6.07) is 4.14. The first-order valence-electron chi connectivity index (χ1n) is 6.81. The lowest BCUT2D eigenvalue weighted by atomic mass is 10.0. The predicted octanol–water partition coefficient (Wildman–Crippen LogP) is 1.09. The average Bonchev–Trinajstić information content (AvgIpc) is 2.47. The van der Waals surface area contributed by atoms with Crippen LogP contribution in [0.5, 0.6) is 0 Å². The summed E-state index contributed by atoms with van der Waals surface area (Å²) in [6.07, 6.45) is 1.50. The minimum absolute atomic E-state index is 0.00760. The molecule has 1 fully saturated rings. The highest BCUT2D eigenvalue weighted by molar-refractivity contribution is 7.89. The van der Waals surface area contributed by atoms with E-state index in [1.165, 1.54) is 22.5 Å². The molecule has 21 heavy (non-hydrogen) atoms. The fourth-order valence-corrected chi connectivity index (χ4v) is 4.12. The third kappa shape index (κ3) is 3.25. The molecule has 0 amide bonds. The van der Waals surface area contributed by atoms with Gasteiger partial charge in [0.2, 0.25) is 10.0 Å². The molecule has 1 unspecified atom stereocenters. The molecule has 7 heteroatoms. The molecule has 1 aromatic carbocycles. The quantitative estimate of drug-likeness (QED) is 0.867. The van der Waals surface area contributed by atoms with Gasteiger partial charge < -0.3 is 10.2 Å². The number of piperidine rings is 1. The molecule has 1 atom stereocenters. The van der Waals surface area contributed by atoms with E-state index < -0.39 is 16.0 Å². The summed E-state index contributed by atoms with van der Waals surface area (Å²) in [6.45, 7) is 2.26. The van der Waals surface area contributed by atoms with Crippen molar-refractivity contribution in [1.82, 2.24) is 4.31 Å². The molecular formula is C14H19NO5S. The lowest BCUT2D eigenvalue weighted by Gasteiger charge is -2.31. The second-order valence-corrected chi connectivity index (χ2v) is 7.27. The van der Waals surface area contributed by atoms with Crippen molar-refractivity contribution in [2.45, 2.75) is 24.7 Å². The number of aliphatic hydroxyl groups is 1. The Morgan fingerprint density at radius 2 is 2.14 bits per heavy atom. The number of hydrogen-bond donors (Lipinski definition) is 2. The molecular weight excluding hydrogens is 294 g/mol. The molecule has 1 saturated heterocycles. The molecule has 1 aliphatic heterocycles. The smallest absolute Gasteiger partial charge is 0.335 e. The zero-order valence-corrected chi connectivity index (χ0v) is 12.6. The van der Waals surface area contributed by atoms with E-state index in [1.807, 2.05) is 0 Å². The van der Waals surface area contributed by atoms with Gasteiger partial charge in [-0.15, -0.1) is 0 Å². The summed E-state index contributed by atoms with van der Waals surface area (Å²) in [5, 5.41) is 18.3. The van der Waals surface area contributed by atoms with Gasteiger partial charge in [0.15, 0.2) is 0 Å². The van der Waals surface area contributed by atoms with Crippen molar-refractivity contribution in [2.24, 2.45) is 5.92 Å². The van der Waals surface area contributed by atoms with Crippen LogP contribution in [-0.2, 0) is 10.0 Å². The molecule has 0 radical (unpaired) electrons. The van der Waals surface area contributed by atoms with Gasteiger partial charge in [0.05, 0.1) is 10.5 Å². The van der Waals surface area contributed by atoms with Gasteiger partial charge in [-0.1, -0.05) is 6.07 Å². The van der Waals surface area contributed by atoms with Crippen LogP contribution in [0.3, 0.4) is 0 Å². The molecule has 0 aromatic heterocycles. The van der Waals surface area contributed by atoms with E-state index in [1.54, 1.807) is 6.92 Å². The van der Waals surface area contributed by atoms with Crippen molar-refractivity contribution < 1.29 is 23.4 Å². The van der Waals surface area contributed by atoms with Gasteiger partial charge in [-0.3, -0.25) is 0 Å². The molecule has 2 N–H and O–H groups in total. The van der Waals surface area contributed by atoms with E-state index in [0.717, 1.165) is 6.42 Å². The fourth-order valence-electron chi connectivity index (χ4n) is 2.54. The van der Waals surface area contributed by atoms with E-state index in [4.69, 9.17) is 5.11 Å². The third-order valence-electron chi connectivity index (χ3n) is 3.82. The van der Waals surface area contributed by atoms with Crippen LogP contribution in [0.25, 0.3) is 0 Å². The van der Waals surface area contributed by atoms with Gasteiger partial charge in [0, 0.05) is 19.7 Å². The number of carboxylic acid groups (broad SMARTS) is 1. The molecule has 0 spiro atoms. The van der Waals surface area contributed by atoms with Crippen LogP contribution in [0, 0.1) is 12.8 Å². The number of nitrogens with zero attached hydrogens (tertiary/aromatic N) is 1. The Bertz CT molecular complexity index is 641. The summed E-state index contributed by atoms with van der Waals surface area (Å²) < 4.78 is 26.5. The lowest BCUT2D eigenvalue weighted by molar-refractivity contribution is 0.0696. The Morgan fingerprint density at radius 3 is 2.76 bits per heavy atom. The van der Waals surface area contributed by atoms with Crippen LogP contribution in [0.1, 0.15) is 28.8 Å². The summed E-state index contributed by atoms with van der Waals surface area (Å²) in [5.74, 6) is -1.20. The molecule has 0 aliphatic carbocycles. The number of sulfonamides is 1. The Balaban J connectivity index is 2.35. The SMILES string of the molecule is Cc1ccc(S(=O)(=O)N2CCCC(CO)C2)cc1C(=O)O. The van der Waals surface area contributed by atoms with Gasteiger partial charge in [0.1, 0.15) is 0 Å². The van der Waals surface area contributed by atoms with Gasteiger partial charge in [-0.2, -0.15) is 4.31 Å². The zero-order chi connectivity index (χ0) is 15.6. The third-order valence-corrected chi connectivity index (χ3v) is 5.68. The van der Waals surface area contributed by atoms with E-state index in [-0.39, 0.29) is 29.5 Å². The normalized spacial score (nSPS) is 20.4. The van der Waals surface area contributed by atoms with Gasteiger partial charge in [0.25, 0.3) is 0 Å². The Morgan fingerprint density at radius 1 is 1.43 bits per heavy atom. The summed E-state index contributed by atoms with van der Waals surface area (Å²) in [5.41, 5.74) is 0.514. The van der Waals surface area contributed by atoms with E-state index in [2.05, 4.69) is 0 Å². The Hall–Kier alpha value is -1.44. The number of aryl methyl sites for hydroxylation is 1. The summed E-state index contributed by atoms with van der Waals surface area (Å²) >= 11 is 0. The van der Waals surface area contributed by atoms with Gasteiger partial charge in [-0.25, -0.2) is 13.2 Å². The van der Waals surface area contributed by atoms with Crippen LogP contribution >= 0.6 is 0 Å². The minimum Gasteiger partial charge on any atom is -0.478 e. The summed E-state index contributed by atoms with van der Waals surface area (Å²) in [7, 11) is -3.72. The molecule has 6 nitrogen and oxygen atoms in total. The highest BCUT2D eigenvalue weighted by atomic mass is 32.2. The maximum absolute atomic E-state index is 12.6. The first kappa shape index (κ1) is 15.9. The van der Waals surface area contributed by atoms with Crippen LogP contribution in [0.15, 0.2) is 23.1 Å². The minimum atomic E-state index is -3.72. The molecule has 1 heterocycles. The Kier molecular flexibility index (Phi) is 4.65. The van der Waals surface area contributed by atoms with Crippen molar-refractivity contribution in [3.05, 3.63) is 29.3 Å². The second kappa shape index (κ2) is 6.13. The average molecular weight is 313 g/mol. The van der Waals surface area contributed by atoms with Crippen molar-refractivity contribution in [2.75, 3.05) is 19.7 Å². The van der Waals surface area contributed by atoms with Crippen LogP contribution < -0.4 is 0 Å². The largest absolute Gasteiger partial charge is 0.478 e. The summed E-state index contributed by atoms with van der Waals surface area (Å²) in [4.78, 5) is 11.1. The first-order valence-corrected chi connectivity index (χ1v) is 8.25. The van der Waals surface area contributed by atoms with Gasteiger partial charge >= 0.3 is 5.97 Å². The van der Waals surface area contributed by atoms with Crippen LogP contribution in [0.2, 0.25) is 0 Å². The molecule has 1 aromatic rings. The van der Waals surface area contributed by atoms with Gasteiger partial charge in [-0.05, 0) is 43.4 Å². The van der Waals surface area contributed by atoms with Crippen LogP contribution in [0.4, 0.5) is 0 Å². The number of aromatic carboxylic acids is 1. The maximum Gasteiger partial charge on any atom is 0.335 e. The molecule has 1 aliphatic rings.